The first-order chi connectivity index (χ1) is 24.0. The quantitative estimate of drug-likeness (QED) is 0.0646. The second-order valence-corrected chi connectivity index (χ2v) is 14.8. The largest absolute Gasteiger partial charge is 0.345 e. The molecule has 2 aliphatic heterocycles. The van der Waals surface area contributed by atoms with E-state index in [1.54, 1.807) is 0 Å². The van der Waals surface area contributed by atoms with Crippen molar-refractivity contribution in [2.75, 3.05) is 23.9 Å². The molecule has 2 heterocycles. The van der Waals surface area contributed by atoms with E-state index >= 15 is 0 Å². The van der Waals surface area contributed by atoms with Gasteiger partial charge in [0.25, 0.3) is 11.8 Å². The summed E-state index contributed by atoms with van der Waals surface area (Å²) in [4.78, 5) is 128. The van der Waals surface area contributed by atoms with Gasteiger partial charge in [-0.1, -0.05) is 13.8 Å². The molecule has 2 rings (SSSR count). The van der Waals surface area contributed by atoms with E-state index in [0.717, 1.165) is 4.90 Å². The van der Waals surface area contributed by atoms with Crippen molar-refractivity contribution in [3.8, 4) is 0 Å². The van der Waals surface area contributed by atoms with Crippen LogP contribution in [0.1, 0.15) is 86.0 Å². The summed E-state index contributed by atoms with van der Waals surface area (Å²) >= 11 is 2.62. The molecule has 0 aliphatic carbocycles. The molecule has 1 unspecified atom stereocenters. The van der Waals surface area contributed by atoms with Crippen molar-refractivity contribution < 1.29 is 52.8 Å². The summed E-state index contributed by atoms with van der Waals surface area (Å²) in [5, 5.41) is 10.1. The second kappa shape index (κ2) is 21.4. The van der Waals surface area contributed by atoms with Gasteiger partial charge in [0.2, 0.25) is 35.4 Å². The summed E-state index contributed by atoms with van der Waals surface area (Å²) in [5.41, 5.74) is 0. The fourth-order valence-electron chi connectivity index (χ4n) is 4.66. The predicted octanol–water partition coefficient (Wildman–Crippen LogP) is -0.0491. The highest BCUT2D eigenvalue weighted by atomic mass is 32.2. The molecule has 17 nitrogen and oxygen atoms in total. The summed E-state index contributed by atoms with van der Waals surface area (Å²) in [6, 6.07) is -2.83. The second-order valence-electron chi connectivity index (χ2n) is 12.4. The molecule has 2 aliphatic rings. The number of hydrogen-bond acceptors (Lipinski definition) is 13. The average molecular weight is 757 g/mol. The molecule has 0 aromatic heterocycles. The number of hydrogen-bond donors (Lipinski definition) is 4. The number of imide groups is 2. The van der Waals surface area contributed by atoms with Gasteiger partial charge < -0.3 is 26.1 Å². The smallest absolute Gasteiger partial charge is 0.333 e. The van der Waals surface area contributed by atoms with Crippen molar-refractivity contribution in [1.82, 2.24) is 31.2 Å². The van der Waals surface area contributed by atoms with Crippen molar-refractivity contribution in [3.05, 3.63) is 0 Å². The lowest BCUT2D eigenvalue weighted by atomic mass is 10.1. The number of nitrogens with one attached hydrogen (secondary N) is 4. The Morgan fingerprint density at radius 1 is 0.745 bits per heavy atom. The van der Waals surface area contributed by atoms with Gasteiger partial charge in [-0.05, 0) is 39.4 Å². The van der Waals surface area contributed by atoms with Crippen molar-refractivity contribution >= 4 is 82.5 Å². The van der Waals surface area contributed by atoms with E-state index in [1.165, 1.54) is 44.3 Å². The Bertz CT molecular complexity index is 1340. The van der Waals surface area contributed by atoms with Crippen LogP contribution in [0.2, 0.25) is 0 Å². The molecule has 0 saturated carbocycles. The first-order valence-corrected chi connectivity index (χ1v) is 19.0. The van der Waals surface area contributed by atoms with Gasteiger partial charge in [0, 0.05) is 56.7 Å². The molecule has 0 aromatic carbocycles. The van der Waals surface area contributed by atoms with Crippen LogP contribution in [0.4, 0.5) is 0 Å². The van der Waals surface area contributed by atoms with E-state index in [0.29, 0.717) is 29.4 Å². The van der Waals surface area contributed by atoms with Crippen LogP contribution < -0.4 is 21.3 Å². The topological polar surface area (TPSA) is 235 Å². The SMILES string of the molecule is CC(C)C(=O)CCSCNC(=O)[C@H](C)NC(=O)[C@H](C)NC(=O)[C@H](C)NC(=O)CCCSC1CC(=O)N(CCCC(=O)ON2C(=O)CCC2=O)C1=O. The van der Waals surface area contributed by atoms with E-state index in [2.05, 4.69) is 21.3 Å². The number of carbonyl (C=O) groups is 10. The first kappa shape index (κ1) is 43.2. The van der Waals surface area contributed by atoms with Crippen LogP contribution in [0, 0.1) is 5.92 Å². The van der Waals surface area contributed by atoms with Crippen LogP contribution in [0.25, 0.3) is 0 Å². The number of Topliss-reactive ketones (excluding diaryl/α,β-unsaturated/α-hetero) is 1. The van der Waals surface area contributed by atoms with Gasteiger partial charge in [-0.15, -0.1) is 28.6 Å². The van der Waals surface area contributed by atoms with Crippen LogP contribution in [0.3, 0.4) is 0 Å². The lowest BCUT2D eigenvalue weighted by molar-refractivity contribution is -0.197. The summed E-state index contributed by atoms with van der Waals surface area (Å²) in [7, 11) is 0. The van der Waals surface area contributed by atoms with Gasteiger partial charge in [0.15, 0.2) is 0 Å². The molecular weight excluding hydrogens is 709 g/mol. The van der Waals surface area contributed by atoms with E-state index in [-0.39, 0.29) is 62.6 Å². The third-order valence-corrected chi connectivity index (χ3v) is 9.93. The van der Waals surface area contributed by atoms with Crippen molar-refractivity contribution in [1.29, 1.82) is 0 Å². The molecule has 19 heteroatoms. The minimum absolute atomic E-state index is 0.0223. The molecule has 4 N–H and O–H groups in total. The molecular formula is C32H48N6O11S2. The van der Waals surface area contributed by atoms with Gasteiger partial charge >= 0.3 is 5.97 Å². The third-order valence-electron chi connectivity index (χ3n) is 7.79. The molecule has 0 radical (unpaired) electrons. The Morgan fingerprint density at radius 2 is 1.33 bits per heavy atom. The minimum Gasteiger partial charge on any atom is -0.345 e. The Labute approximate surface area is 305 Å². The fraction of sp³-hybridized carbons (Fsp3) is 0.688. The number of rotatable bonds is 22. The van der Waals surface area contributed by atoms with Gasteiger partial charge in [-0.2, -0.15) is 0 Å². The lowest BCUT2D eigenvalue weighted by Crippen LogP contribution is -2.54. The molecule has 51 heavy (non-hydrogen) atoms. The summed E-state index contributed by atoms with van der Waals surface area (Å²) in [6.07, 6.45) is 0.628. The summed E-state index contributed by atoms with van der Waals surface area (Å²) < 4.78 is 0. The molecule has 0 aromatic rings. The predicted molar refractivity (Wildman–Crippen MR) is 186 cm³/mol. The summed E-state index contributed by atoms with van der Waals surface area (Å²) in [5.74, 6) is -3.52. The molecule has 4 atom stereocenters. The number of hydroxylamine groups is 2. The lowest BCUT2D eigenvalue weighted by Gasteiger charge is -2.20. The zero-order chi connectivity index (χ0) is 38.2. The van der Waals surface area contributed by atoms with Gasteiger partial charge in [0.05, 0.1) is 11.1 Å². The number of ketones is 1. The van der Waals surface area contributed by atoms with Crippen molar-refractivity contribution in [3.63, 3.8) is 0 Å². The maximum Gasteiger partial charge on any atom is 0.333 e. The molecule has 0 spiro atoms. The molecule has 0 bridgehead atoms. The number of amides is 8. The van der Waals surface area contributed by atoms with Crippen molar-refractivity contribution in [2.24, 2.45) is 5.92 Å². The van der Waals surface area contributed by atoms with Crippen LogP contribution >= 0.6 is 23.5 Å². The monoisotopic (exact) mass is 756 g/mol. The maximum atomic E-state index is 12.7. The fourth-order valence-corrected chi connectivity index (χ4v) is 6.52. The highest BCUT2D eigenvalue weighted by molar-refractivity contribution is 8.00. The van der Waals surface area contributed by atoms with Gasteiger partial charge in [0.1, 0.15) is 23.9 Å². The Hall–Kier alpha value is -4.00. The van der Waals surface area contributed by atoms with Crippen LogP contribution in [0.5, 0.6) is 0 Å². The van der Waals surface area contributed by atoms with Crippen LogP contribution in [-0.4, -0.2) is 116 Å². The van der Waals surface area contributed by atoms with Gasteiger partial charge in [-0.25, -0.2) is 4.79 Å². The number of thioether (sulfide) groups is 2. The van der Waals surface area contributed by atoms with Crippen LogP contribution in [-0.2, 0) is 52.8 Å². The minimum atomic E-state index is -0.994. The Balaban J connectivity index is 1.61. The van der Waals surface area contributed by atoms with E-state index < -0.39 is 76.6 Å². The number of nitrogens with zero attached hydrogens (tertiary/aromatic N) is 2. The molecule has 2 fully saturated rings. The van der Waals surface area contributed by atoms with Crippen LogP contribution in [0.15, 0.2) is 0 Å². The van der Waals surface area contributed by atoms with Crippen molar-refractivity contribution in [2.45, 2.75) is 109 Å². The molecule has 8 amide bonds. The third kappa shape index (κ3) is 14.6. The molecule has 284 valence electrons. The zero-order valence-electron chi connectivity index (χ0n) is 29.6. The Kier molecular flexibility index (Phi) is 18.1. The van der Waals surface area contributed by atoms with Gasteiger partial charge in [-0.3, -0.25) is 48.1 Å². The standard InChI is InChI=1S/C32H48N6O11S2/c1-18(2)22(39)12-15-50-17-33-29(45)19(3)35-31(47)21(5)36-30(46)20(4)34-24(40)8-7-14-51-23-16-27(43)37(32(23)48)13-6-9-28(44)49-38-25(41)10-11-26(38)42/h18-21,23H,6-17H2,1-5H3,(H,33,45)(H,34,40)(H,35,47)(H,36,46)/t19-,20-,21-,23?/m0/s1. The molecule has 2 saturated heterocycles. The number of carbonyl (C=O) groups excluding carboxylic acids is 10. The summed E-state index contributed by atoms with van der Waals surface area (Å²) in [6.45, 7) is 8.04. The average Bonchev–Trinajstić information content (AvgIpc) is 3.53. The first-order valence-electron chi connectivity index (χ1n) is 16.8. The van der Waals surface area contributed by atoms with E-state index in [1.807, 2.05) is 13.8 Å². The maximum absolute atomic E-state index is 12.7. The van der Waals surface area contributed by atoms with E-state index in [4.69, 9.17) is 4.84 Å². The zero-order valence-corrected chi connectivity index (χ0v) is 31.2. The highest BCUT2D eigenvalue weighted by Crippen LogP contribution is 2.26. The Morgan fingerprint density at radius 3 is 1.94 bits per heavy atom. The van der Waals surface area contributed by atoms with E-state index in [9.17, 15) is 47.9 Å². The number of likely N-dealkylation sites (tertiary alicyclic amines) is 1. The normalized spacial score (nSPS) is 17.6. The highest BCUT2D eigenvalue weighted by Gasteiger charge is 2.38.